The summed E-state index contributed by atoms with van der Waals surface area (Å²) in [5, 5.41) is 3.63. The summed E-state index contributed by atoms with van der Waals surface area (Å²) in [6.45, 7) is 0. The van der Waals surface area contributed by atoms with Crippen molar-refractivity contribution in [2.24, 2.45) is 0 Å². The molecule has 3 N–H and O–H groups in total. The number of nitrogens with one attached hydrogen (secondary N) is 3. The molecule has 1 saturated carbocycles. The first-order chi connectivity index (χ1) is 9.25. The van der Waals surface area contributed by atoms with E-state index >= 15 is 0 Å². The van der Waals surface area contributed by atoms with Crippen molar-refractivity contribution in [2.45, 2.75) is 38.1 Å². The van der Waals surface area contributed by atoms with E-state index in [1.165, 1.54) is 37.9 Å². The summed E-state index contributed by atoms with van der Waals surface area (Å²) in [6.07, 6.45) is 10.4. The lowest BCUT2D eigenvalue weighted by Gasteiger charge is -2.24. The lowest BCUT2D eigenvalue weighted by Crippen LogP contribution is -2.50. The SMILES string of the molecule is O=C(NNC(=S)NC1CCCCC1)c1cnccn1. The van der Waals surface area contributed by atoms with Gasteiger partial charge in [-0.3, -0.25) is 20.6 Å². The number of thiocarbonyl (C=S) groups is 1. The zero-order valence-electron chi connectivity index (χ0n) is 10.6. The Hall–Kier alpha value is -1.76. The van der Waals surface area contributed by atoms with Crippen molar-refractivity contribution < 1.29 is 4.79 Å². The van der Waals surface area contributed by atoms with Crippen LogP contribution in [0.1, 0.15) is 42.6 Å². The largest absolute Gasteiger partial charge is 0.359 e. The number of rotatable bonds is 2. The monoisotopic (exact) mass is 279 g/mol. The minimum absolute atomic E-state index is 0.246. The highest BCUT2D eigenvalue weighted by atomic mass is 32.1. The summed E-state index contributed by atoms with van der Waals surface area (Å²) in [7, 11) is 0. The van der Waals surface area contributed by atoms with Crippen LogP contribution in [0.15, 0.2) is 18.6 Å². The number of amides is 1. The van der Waals surface area contributed by atoms with E-state index in [-0.39, 0.29) is 11.6 Å². The maximum Gasteiger partial charge on any atom is 0.289 e. The fourth-order valence-electron chi connectivity index (χ4n) is 2.06. The highest BCUT2D eigenvalue weighted by molar-refractivity contribution is 7.80. The van der Waals surface area contributed by atoms with Gasteiger partial charge in [-0.15, -0.1) is 0 Å². The predicted octanol–water partition coefficient (Wildman–Crippen LogP) is 0.918. The second kappa shape index (κ2) is 6.98. The van der Waals surface area contributed by atoms with Gasteiger partial charge < -0.3 is 5.32 Å². The van der Waals surface area contributed by atoms with Crippen molar-refractivity contribution in [1.29, 1.82) is 0 Å². The van der Waals surface area contributed by atoms with E-state index in [2.05, 4.69) is 26.1 Å². The van der Waals surface area contributed by atoms with Gasteiger partial charge in [-0.1, -0.05) is 19.3 Å². The lowest BCUT2D eigenvalue weighted by atomic mass is 9.96. The number of hydrogen-bond acceptors (Lipinski definition) is 4. The predicted molar refractivity (Wildman–Crippen MR) is 75.2 cm³/mol. The van der Waals surface area contributed by atoms with Crippen LogP contribution in [0.3, 0.4) is 0 Å². The molecule has 2 rings (SSSR count). The van der Waals surface area contributed by atoms with Crippen molar-refractivity contribution in [1.82, 2.24) is 26.1 Å². The van der Waals surface area contributed by atoms with E-state index in [4.69, 9.17) is 12.2 Å². The van der Waals surface area contributed by atoms with E-state index in [0.717, 1.165) is 12.8 Å². The van der Waals surface area contributed by atoms with Crippen LogP contribution in [-0.2, 0) is 0 Å². The second-order valence-corrected chi connectivity index (χ2v) is 4.89. The molecule has 0 unspecified atom stereocenters. The van der Waals surface area contributed by atoms with Crippen LogP contribution in [-0.4, -0.2) is 27.0 Å². The van der Waals surface area contributed by atoms with E-state index in [1.54, 1.807) is 0 Å². The highest BCUT2D eigenvalue weighted by Gasteiger charge is 2.14. The second-order valence-electron chi connectivity index (χ2n) is 4.48. The first-order valence-electron chi connectivity index (χ1n) is 6.38. The molecule has 19 heavy (non-hydrogen) atoms. The lowest BCUT2D eigenvalue weighted by molar-refractivity contribution is 0.0938. The van der Waals surface area contributed by atoms with Crippen LogP contribution in [0.4, 0.5) is 0 Å². The van der Waals surface area contributed by atoms with Crippen molar-refractivity contribution in [2.75, 3.05) is 0 Å². The summed E-state index contributed by atoms with van der Waals surface area (Å²) < 4.78 is 0. The summed E-state index contributed by atoms with van der Waals surface area (Å²) in [6, 6.07) is 0.405. The summed E-state index contributed by atoms with van der Waals surface area (Å²) in [5.74, 6) is -0.360. The third-order valence-electron chi connectivity index (χ3n) is 3.03. The molecule has 0 radical (unpaired) electrons. The molecule has 0 bridgehead atoms. The molecule has 102 valence electrons. The van der Waals surface area contributed by atoms with Crippen molar-refractivity contribution in [3.8, 4) is 0 Å². The van der Waals surface area contributed by atoms with Gasteiger partial charge in [0.15, 0.2) is 5.11 Å². The van der Waals surface area contributed by atoms with Gasteiger partial charge >= 0.3 is 0 Å². The molecule has 0 spiro atoms. The van der Waals surface area contributed by atoms with Crippen LogP contribution in [0.2, 0.25) is 0 Å². The van der Waals surface area contributed by atoms with E-state index in [9.17, 15) is 4.79 Å². The smallest absolute Gasteiger partial charge is 0.289 e. The summed E-state index contributed by atoms with van der Waals surface area (Å²) in [5.41, 5.74) is 5.42. The quantitative estimate of drug-likeness (QED) is 0.552. The Morgan fingerprint density at radius 1 is 1.21 bits per heavy atom. The molecular weight excluding hydrogens is 262 g/mol. The molecule has 1 aliphatic carbocycles. The Balaban J connectivity index is 1.72. The molecule has 1 heterocycles. The Labute approximate surface area is 117 Å². The van der Waals surface area contributed by atoms with Crippen molar-refractivity contribution in [3.63, 3.8) is 0 Å². The van der Waals surface area contributed by atoms with Gasteiger partial charge in [-0.2, -0.15) is 0 Å². The Bertz CT molecular complexity index is 433. The molecule has 1 fully saturated rings. The molecule has 0 atom stereocenters. The maximum absolute atomic E-state index is 11.7. The van der Waals surface area contributed by atoms with Crippen LogP contribution in [0.25, 0.3) is 0 Å². The van der Waals surface area contributed by atoms with E-state index < -0.39 is 0 Å². The first-order valence-corrected chi connectivity index (χ1v) is 6.79. The summed E-state index contributed by atoms with van der Waals surface area (Å²) in [4.78, 5) is 19.4. The van der Waals surface area contributed by atoms with Crippen LogP contribution in [0.5, 0.6) is 0 Å². The molecule has 6 nitrogen and oxygen atoms in total. The molecule has 7 heteroatoms. The number of aromatic nitrogens is 2. The molecule has 0 aliphatic heterocycles. The van der Waals surface area contributed by atoms with Gasteiger partial charge in [0.2, 0.25) is 0 Å². The van der Waals surface area contributed by atoms with Gasteiger partial charge in [-0.05, 0) is 25.1 Å². The number of carbonyl (C=O) groups is 1. The van der Waals surface area contributed by atoms with Gasteiger partial charge in [0, 0.05) is 18.4 Å². The van der Waals surface area contributed by atoms with Crippen molar-refractivity contribution in [3.05, 3.63) is 24.3 Å². The van der Waals surface area contributed by atoms with Crippen LogP contribution in [0, 0.1) is 0 Å². The fraction of sp³-hybridized carbons (Fsp3) is 0.500. The van der Waals surface area contributed by atoms with Crippen LogP contribution < -0.4 is 16.2 Å². The van der Waals surface area contributed by atoms with E-state index in [0.29, 0.717) is 11.2 Å². The molecule has 0 aromatic carbocycles. The number of nitrogens with zero attached hydrogens (tertiary/aromatic N) is 2. The number of hydrogen-bond donors (Lipinski definition) is 3. The molecule has 1 amide bonds. The minimum Gasteiger partial charge on any atom is -0.359 e. The van der Waals surface area contributed by atoms with Gasteiger partial charge in [-0.25, -0.2) is 4.98 Å². The number of carbonyl (C=O) groups excluding carboxylic acids is 1. The summed E-state index contributed by atoms with van der Waals surface area (Å²) >= 11 is 5.13. The molecule has 0 saturated heterocycles. The Kier molecular flexibility index (Phi) is 5.02. The Morgan fingerprint density at radius 3 is 2.68 bits per heavy atom. The molecular formula is C12H17N5OS. The van der Waals surface area contributed by atoms with Gasteiger partial charge in [0.25, 0.3) is 5.91 Å². The number of hydrazine groups is 1. The van der Waals surface area contributed by atoms with Crippen LogP contribution >= 0.6 is 12.2 Å². The van der Waals surface area contributed by atoms with Crippen molar-refractivity contribution >= 4 is 23.2 Å². The third-order valence-corrected chi connectivity index (χ3v) is 3.25. The van der Waals surface area contributed by atoms with Gasteiger partial charge in [0.05, 0.1) is 6.20 Å². The van der Waals surface area contributed by atoms with Gasteiger partial charge in [0.1, 0.15) is 5.69 Å². The molecule has 1 aromatic rings. The standard InChI is InChI=1S/C12H17N5OS/c18-11(10-8-13-6-7-14-10)16-17-12(19)15-9-4-2-1-3-5-9/h6-9H,1-5H2,(H,16,18)(H2,15,17,19). The third kappa shape index (κ3) is 4.44. The molecule has 1 aromatic heterocycles. The highest BCUT2D eigenvalue weighted by Crippen LogP contribution is 2.16. The van der Waals surface area contributed by atoms with E-state index in [1.807, 2.05) is 0 Å². The average Bonchev–Trinajstić information content (AvgIpc) is 2.47. The first kappa shape index (κ1) is 13.7. The normalized spacial score (nSPS) is 15.6. The fourth-order valence-corrected chi connectivity index (χ4v) is 2.28. The molecule has 1 aliphatic rings. The Morgan fingerprint density at radius 2 is 2.00 bits per heavy atom. The topological polar surface area (TPSA) is 78.9 Å². The maximum atomic E-state index is 11.7. The zero-order valence-corrected chi connectivity index (χ0v) is 11.4. The average molecular weight is 279 g/mol. The zero-order chi connectivity index (χ0) is 13.5. The minimum atomic E-state index is -0.360.